The van der Waals surface area contributed by atoms with Gasteiger partial charge in [0.2, 0.25) is 0 Å². The maximum Gasteiger partial charge on any atom is 0.356 e. The Kier molecular flexibility index (Phi) is 4.47. The second kappa shape index (κ2) is 5.14. The molecule has 0 heterocycles. The largest absolute Gasteiger partial charge is 0.478 e. The van der Waals surface area contributed by atoms with Gasteiger partial charge in [-0.15, -0.1) is 0 Å². The molecule has 0 spiro atoms. The highest BCUT2D eigenvalue weighted by Crippen LogP contribution is 1.91. The molecule has 0 saturated carbocycles. The first kappa shape index (κ1) is 10.4. The van der Waals surface area contributed by atoms with Crippen LogP contribution in [0.2, 0.25) is 0 Å². The number of rotatable bonds is 4. The fourth-order valence-electron chi connectivity index (χ4n) is 0.492. The van der Waals surface area contributed by atoms with E-state index in [1.165, 1.54) is 0 Å². The zero-order chi connectivity index (χ0) is 9.56. The van der Waals surface area contributed by atoms with Crippen LogP contribution in [0.4, 0.5) is 0 Å². The Hall–Kier alpha value is -1.56. The van der Waals surface area contributed by atoms with Gasteiger partial charge in [-0.3, -0.25) is 5.84 Å². The quantitative estimate of drug-likeness (QED) is 0.218. The predicted molar refractivity (Wildman–Crippen MR) is 39.7 cm³/mol. The van der Waals surface area contributed by atoms with Crippen LogP contribution in [-0.4, -0.2) is 23.7 Å². The van der Waals surface area contributed by atoms with Crippen LogP contribution in [0.3, 0.4) is 0 Å². The highest BCUT2D eigenvalue weighted by atomic mass is 16.5. The van der Waals surface area contributed by atoms with Crippen molar-refractivity contribution in [1.82, 2.24) is 5.43 Å². The minimum absolute atomic E-state index is 0.164. The maximum absolute atomic E-state index is 10.8. The summed E-state index contributed by atoms with van der Waals surface area (Å²) in [4.78, 5) is 20.9. The Morgan fingerprint density at radius 3 is 2.58 bits per heavy atom. The highest BCUT2D eigenvalue weighted by Gasteiger charge is 2.09. The summed E-state index contributed by atoms with van der Waals surface area (Å²) < 4.78 is 4.48. The average molecular weight is 174 g/mol. The van der Waals surface area contributed by atoms with Gasteiger partial charge in [-0.25, -0.2) is 9.59 Å². The van der Waals surface area contributed by atoms with Crippen molar-refractivity contribution in [2.24, 2.45) is 5.84 Å². The maximum atomic E-state index is 10.8. The number of nitrogens with one attached hydrogen (secondary N) is 1. The van der Waals surface area contributed by atoms with Crippen LogP contribution in [0, 0.1) is 0 Å². The van der Waals surface area contributed by atoms with Crippen LogP contribution >= 0.6 is 0 Å². The molecule has 0 fully saturated rings. The number of carboxylic acid groups (broad SMARTS) is 1. The van der Waals surface area contributed by atoms with Crippen molar-refractivity contribution in [3.63, 3.8) is 0 Å². The lowest BCUT2D eigenvalue weighted by Crippen LogP contribution is -2.28. The van der Waals surface area contributed by atoms with Crippen LogP contribution < -0.4 is 11.3 Å². The first-order valence-electron chi connectivity index (χ1n) is 3.20. The minimum atomic E-state index is -1.27. The van der Waals surface area contributed by atoms with E-state index in [4.69, 9.17) is 10.9 Å². The third kappa shape index (κ3) is 3.57. The Morgan fingerprint density at radius 2 is 2.25 bits per heavy atom. The van der Waals surface area contributed by atoms with Crippen LogP contribution in [0.1, 0.15) is 6.92 Å². The number of hydrazine groups is 1. The fraction of sp³-hybridized carbons (Fsp3) is 0.333. The molecule has 0 rings (SSSR count). The van der Waals surface area contributed by atoms with Gasteiger partial charge in [0, 0.05) is 0 Å². The molecule has 12 heavy (non-hydrogen) atoms. The molecule has 0 aliphatic carbocycles. The molecule has 0 aliphatic rings. The van der Waals surface area contributed by atoms with E-state index in [0.29, 0.717) is 6.08 Å². The van der Waals surface area contributed by atoms with E-state index in [1.54, 1.807) is 6.92 Å². The van der Waals surface area contributed by atoms with E-state index in [1.807, 2.05) is 5.43 Å². The Labute approximate surface area is 69.0 Å². The summed E-state index contributed by atoms with van der Waals surface area (Å²) in [5, 5.41) is 8.25. The number of hydrogen-bond donors (Lipinski definition) is 3. The molecule has 0 radical (unpaired) electrons. The van der Waals surface area contributed by atoms with Crippen molar-refractivity contribution in [2.75, 3.05) is 6.61 Å². The molecule has 0 amide bonds. The summed E-state index contributed by atoms with van der Waals surface area (Å²) in [6.45, 7) is 1.77. The third-order valence-electron chi connectivity index (χ3n) is 0.919. The van der Waals surface area contributed by atoms with E-state index in [-0.39, 0.29) is 12.3 Å². The molecule has 0 aliphatic heterocycles. The van der Waals surface area contributed by atoms with E-state index in [0.717, 1.165) is 0 Å². The SMILES string of the molecule is CCOC(=O)C(=CC(=O)O)NN. The van der Waals surface area contributed by atoms with Crippen molar-refractivity contribution in [1.29, 1.82) is 0 Å². The molecular weight excluding hydrogens is 164 g/mol. The topological polar surface area (TPSA) is 102 Å². The molecular formula is C6H10N2O4. The number of aliphatic carboxylic acids is 1. The lowest BCUT2D eigenvalue weighted by atomic mass is 10.4. The van der Waals surface area contributed by atoms with Gasteiger partial charge in [-0.05, 0) is 6.92 Å². The second-order valence-corrected chi connectivity index (χ2v) is 1.76. The summed E-state index contributed by atoms with van der Waals surface area (Å²) >= 11 is 0. The Morgan fingerprint density at radius 1 is 1.67 bits per heavy atom. The Balaban J connectivity index is 4.34. The molecule has 6 heteroatoms. The van der Waals surface area contributed by atoms with Gasteiger partial charge in [0.15, 0.2) is 0 Å². The fourth-order valence-corrected chi connectivity index (χ4v) is 0.492. The minimum Gasteiger partial charge on any atom is -0.478 e. The first-order valence-corrected chi connectivity index (χ1v) is 3.20. The molecule has 0 saturated heterocycles. The van der Waals surface area contributed by atoms with Gasteiger partial charge in [0.1, 0.15) is 5.70 Å². The van der Waals surface area contributed by atoms with Crippen LogP contribution in [0.5, 0.6) is 0 Å². The summed E-state index contributed by atoms with van der Waals surface area (Å²) in [6.07, 6.45) is 0.637. The summed E-state index contributed by atoms with van der Waals surface area (Å²) in [5.41, 5.74) is 1.64. The zero-order valence-electron chi connectivity index (χ0n) is 6.53. The number of nitrogens with two attached hydrogens (primary N) is 1. The number of esters is 1. The molecule has 0 aromatic heterocycles. The number of carbonyl (C=O) groups excluding carboxylic acids is 1. The van der Waals surface area contributed by atoms with E-state index in [9.17, 15) is 9.59 Å². The monoisotopic (exact) mass is 174 g/mol. The van der Waals surface area contributed by atoms with Gasteiger partial charge < -0.3 is 15.3 Å². The van der Waals surface area contributed by atoms with E-state index >= 15 is 0 Å². The Bertz CT molecular complexity index is 212. The van der Waals surface area contributed by atoms with Crippen LogP contribution in [-0.2, 0) is 14.3 Å². The average Bonchev–Trinajstić information content (AvgIpc) is 2.00. The van der Waals surface area contributed by atoms with Crippen LogP contribution in [0.15, 0.2) is 11.8 Å². The molecule has 68 valence electrons. The molecule has 0 bridgehead atoms. The molecule has 6 nitrogen and oxygen atoms in total. The van der Waals surface area contributed by atoms with Crippen molar-refractivity contribution in [2.45, 2.75) is 6.92 Å². The molecule has 0 aromatic rings. The van der Waals surface area contributed by atoms with Gasteiger partial charge in [0.05, 0.1) is 12.7 Å². The highest BCUT2D eigenvalue weighted by molar-refractivity contribution is 5.95. The second-order valence-electron chi connectivity index (χ2n) is 1.76. The predicted octanol–water partition coefficient (Wildman–Crippen LogP) is -1.02. The standard InChI is InChI=1S/C6H10N2O4/c1-2-12-6(11)4(8-7)3-5(9)10/h3,8H,2,7H2,1H3,(H,9,10). The molecule has 0 atom stereocenters. The van der Waals surface area contributed by atoms with Gasteiger partial charge >= 0.3 is 11.9 Å². The van der Waals surface area contributed by atoms with Crippen LogP contribution in [0.25, 0.3) is 0 Å². The van der Waals surface area contributed by atoms with Gasteiger partial charge in [-0.2, -0.15) is 0 Å². The third-order valence-corrected chi connectivity index (χ3v) is 0.919. The zero-order valence-corrected chi connectivity index (χ0v) is 6.53. The lowest BCUT2D eigenvalue weighted by molar-refractivity contribution is -0.140. The van der Waals surface area contributed by atoms with Crippen molar-refractivity contribution in [3.05, 3.63) is 11.8 Å². The lowest BCUT2D eigenvalue weighted by Gasteiger charge is -2.03. The molecule has 0 aromatic carbocycles. The van der Waals surface area contributed by atoms with Gasteiger partial charge in [0.25, 0.3) is 0 Å². The smallest absolute Gasteiger partial charge is 0.356 e. The summed E-state index contributed by atoms with van der Waals surface area (Å²) in [6, 6.07) is 0. The van der Waals surface area contributed by atoms with Crippen molar-refractivity contribution < 1.29 is 19.4 Å². The number of carbonyl (C=O) groups is 2. The number of ether oxygens (including phenoxy) is 1. The summed E-state index contributed by atoms with van der Waals surface area (Å²) in [7, 11) is 0. The van der Waals surface area contributed by atoms with E-state index < -0.39 is 11.9 Å². The number of hydrogen-bond acceptors (Lipinski definition) is 5. The normalized spacial score (nSPS) is 10.7. The molecule has 4 N–H and O–H groups in total. The molecule has 0 unspecified atom stereocenters. The number of carboxylic acids is 1. The van der Waals surface area contributed by atoms with Crippen molar-refractivity contribution in [3.8, 4) is 0 Å². The van der Waals surface area contributed by atoms with Crippen molar-refractivity contribution >= 4 is 11.9 Å². The first-order chi connectivity index (χ1) is 5.61. The van der Waals surface area contributed by atoms with Gasteiger partial charge in [-0.1, -0.05) is 0 Å². The summed E-state index contributed by atoms with van der Waals surface area (Å²) in [5.74, 6) is 2.81. The van der Waals surface area contributed by atoms with E-state index in [2.05, 4.69) is 4.74 Å².